The van der Waals surface area contributed by atoms with E-state index in [9.17, 15) is 0 Å². The fourth-order valence-electron chi connectivity index (χ4n) is 3.19. The largest absolute Gasteiger partial charge is 0.294 e. The number of halogens is 1. The molecule has 4 rings (SSSR count). The number of aryl methyl sites for hydroxylation is 1. The van der Waals surface area contributed by atoms with Gasteiger partial charge >= 0.3 is 0 Å². The summed E-state index contributed by atoms with van der Waals surface area (Å²) < 4.78 is 0. The molecule has 126 valence electrons. The Morgan fingerprint density at radius 2 is 1.84 bits per heavy atom. The Hall–Kier alpha value is -2.30. The summed E-state index contributed by atoms with van der Waals surface area (Å²) in [7, 11) is 0. The molecule has 0 atom stereocenters. The average molecular weight is 351 g/mol. The van der Waals surface area contributed by atoms with E-state index in [4.69, 9.17) is 16.6 Å². The van der Waals surface area contributed by atoms with Gasteiger partial charge in [-0.15, -0.1) is 0 Å². The molecular weight excluding hydrogens is 332 g/mol. The van der Waals surface area contributed by atoms with E-state index >= 15 is 0 Å². The number of fused-ring (bicyclic) bond motifs is 1. The minimum Gasteiger partial charge on any atom is -0.294 e. The first-order chi connectivity index (χ1) is 12.2. The summed E-state index contributed by atoms with van der Waals surface area (Å²) in [4.78, 5) is 16.1. The molecule has 0 bridgehead atoms. The maximum Gasteiger partial charge on any atom is 0.179 e. The van der Waals surface area contributed by atoms with Crippen LogP contribution in [-0.4, -0.2) is 26.4 Å². The Bertz CT molecular complexity index is 895. The van der Waals surface area contributed by atoms with Crippen molar-refractivity contribution in [3.8, 4) is 11.5 Å². The first-order valence-electron chi connectivity index (χ1n) is 8.44. The van der Waals surface area contributed by atoms with E-state index in [1.54, 1.807) is 0 Å². The lowest BCUT2D eigenvalue weighted by atomic mass is 10.1. The molecule has 0 aliphatic carbocycles. The van der Waals surface area contributed by atoms with Crippen molar-refractivity contribution in [2.45, 2.75) is 26.4 Å². The summed E-state index contributed by atoms with van der Waals surface area (Å²) in [5, 5.41) is 0.543. The van der Waals surface area contributed by atoms with E-state index in [-0.39, 0.29) is 0 Å². The predicted octanol–water partition coefficient (Wildman–Crippen LogP) is 4.06. The van der Waals surface area contributed by atoms with E-state index in [1.165, 1.54) is 5.56 Å². The lowest BCUT2D eigenvalue weighted by Crippen LogP contribution is -2.31. The number of hydrogen-bond acceptors (Lipinski definition) is 4. The van der Waals surface area contributed by atoms with Crippen molar-refractivity contribution in [1.29, 1.82) is 0 Å². The number of pyridine rings is 1. The lowest BCUT2D eigenvalue weighted by molar-refractivity contribution is 0.243. The van der Waals surface area contributed by atoms with Gasteiger partial charge in [0.25, 0.3) is 0 Å². The van der Waals surface area contributed by atoms with Crippen LogP contribution in [0.3, 0.4) is 0 Å². The fourth-order valence-corrected chi connectivity index (χ4v) is 3.44. The minimum absolute atomic E-state index is 0.543. The van der Waals surface area contributed by atoms with Crippen LogP contribution in [0.1, 0.15) is 22.5 Å². The standard InChI is InChI=1S/C20H19ClN4/c1-14-6-5-9-18(22-14)20-23-17-10-11-25(13-16(17)19(21)24-20)12-15-7-3-2-4-8-15/h2-9H,10-13H2,1H3. The van der Waals surface area contributed by atoms with E-state index in [2.05, 4.69) is 39.1 Å². The lowest BCUT2D eigenvalue weighted by Gasteiger charge is -2.28. The first-order valence-corrected chi connectivity index (χ1v) is 8.82. The van der Waals surface area contributed by atoms with Crippen molar-refractivity contribution in [3.63, 3.8) is 0 Å². The van der Waals surface area contributed by atoms with Gasteiger partial charge in [-0.25, -0.2) is 15.0 Å². The van der Waals surface area contributed by atoms with Gasteiger partial charge in [-0.1, -0.05) is 48.0 Å². The van der Waals surface area contributed by atoms with Gasteiger partial charge in [-0.05, 0) is 24.6 Å². The van der Waals surface area contributed by atoms with E-state index < -0.39 is 0 Å². The second-order valence-electron chi connectivity index (χ2n) is 6.37. The molecule has 25 heavy (non-hydrogen) atoms. The molecule has 0 spiro atoms. The summed E-state index contributed by atoms with van der Waals surface area (Å²) >= 11 is 6.50. The van der Waals surface area contributed by atoms with Gasteiger partial charge in [0, 0.05) is 37.3 Å². The maximum atomic E-state index is 6.50. The van der Waals surface area contributed by atoms with Crippen LogP contribution in [-0.2, 0) is 19.5 Å². The summed E-state index contributed by atoms with van der Waals surface area (Å²) in [6.45, 7) is 4.63. The molecule has 2 aromatic heterocycles. The van der Waals surface area contributed by atoms with Crippen LogP contribution < -0.4 is 0 Å². The van der Waals surface area contributed by atoms with Gasteiger partial charge in [-0.2, -0.15) is 0 Å². The fraction of sp³-hybridized carbons (Fsp3) is 0.250. The van der Waals surface area contributed by atoms with Crippen LogP contribution in [0.5, 0.6) is 0 Å². The molecule has 3 aromatic rings. The summed E-state index contributed by atoms with van der Waals surface area (Å²) in [6, 6.07) is 16.4. The van der Waals surface area contributed by atoms with Crippen LogP contribution >= 0.6 is 11.6 Å². The molecule has 0 radical (unpaired) electrons. The van der Waals surface area contributed by atoms with Crippen molar-refractivity contribution in [2.24, 2.45) is 0 Å². The second kappa shape index (κ2) is 6.90. The van der Waals surface area contributed by atoms with Crippen molar-refractivity contribution >= 4 is 11.6 Å². The van der Waals surface area contributed by atoms with Gasteiger partial charge in [-0.3, -0.25) is 4.90 Å². The number of aromatic nitrogens is 3. The highest BCUT2D eigenvalue weighted by molar-refractivity contribution is 6.30. The third-order valence-electron chi connectivity index (χ3n) is 4.46. The summed E-state index contributed by atoms with van der Waals surface area (Å²) in [5.41, 5.74) is 5.12. The second-order valence-corrected chi connectivity index (χ2v) is 6.73. The highest BCUT2D eigenvalue weighted by atomic mass is 35.5. The molecule has 0 saturated carbocycles. The van der Waals surface area contributed by atoms with Crippen LogP contribution in [0.2, 0.25) is 5.15 Å². The highest BCUT2D eigenvalue weighted by Gasteiger charge is 2.22. The summed E-state index contributed by atoms with van der Waals surface area (Å²) in [5.74, 6) is 0.615. The Labute approximate surface area is 152 Å². The van der Waals surface area contributed by atoms with Gasteiger partial charge in [0.2, 0.25) is 0 Å². The number of hydrogen-bond donors (Lipinski definition) is 0. The normalized spacial score (nSPS) is 14.3. The molecule has 3 heterocycles. The molecule has 1 aromatic carbocycles. The minimum atomic E-state index is 0.543. The van der Waals surface area contributed by atoms with Crippen molar-refractivity contribution in [3.05, 3.63) is 76.2 Å². The predicted molar refractivity (Wildman–Crippen MR) is 99.3 cm³/mol. The Balaban J connectivity index is 1.59. The van der Waals surface area contributed by atoms with Crippen molar-refractivity contribution in [1.82, 2.24) is 19.9 Å². The van der Waals surface area contributed by atoms with Crippen molar-refractivity contribution in [2.75, 3.05) is 6.54 Å². The number of rotatable bonds is 3. The molecular formula is C20H19ClN4. The van der Waals surface area contributed by atoms with E-state index in [1.807, 2.05) is 31.2 Å². The zero-order valence-corrected chi connectivity index (χ0v) is 14.9. The van der Waals surface area contributed by atoms with Gasteiger partial charge in [0.1, 0.15) is 10.8 Å². The molecule has 1 aliphatic heterocycles. The Morgan fingerprint density at radius 3 is 2.64 bits per heavy atom. The van der Waals surface area contributed by atoms with Crippen molar-refractivity contribution < 1.29 is 0 Å². The molecule has 0 fully saturated rings. The number of nitrogens with zero attached hydrogens (tertiary/aromatic N) is 4. The third-order valence-corrected chi connectivity index (χ3v) is 4.77. The van der Waals surface area contributed by atoms with Crippen LogP contribution in [0.15, 0.2) is 48.5 Å². The number of benzene rings is 1. The Kier molecular flexibility index (Phi) is 4.47. The monoisotopic (exact) mass is 350 g/mol. The quantitative estimate of drug-likeness (QED) is 0.668. The SMILES string of the molecule is Cc1cccc(-c2nc(Cl)c3c(n2)CCN(Cc2ccccc2)C3)n1. The van der Waals surface area contributed by atoms with Gasteiger partial charge in [0.15, 0.2) is 5.82 Å². The topological polar surface area (TPSA) is 41.9 Å². The molecule has 0 saturated heterocycles. The molecule has 0 amide bonds. The van der Waals surface area contributed by atoms with Gasteiger partial charge < -0.3 is 0 Å². The maximum absolute atomic E-state index is 6.50. The zero-order valence-electron chi connectivity index (χ0n) is 14.1. The smallest absolute Gasteiger partial charge is 0.179 e. The highest BCUT2D eigenvalue weighted by Crippen LogP contribution is 2.27. The van der Waals surface area contributed by atoms with Gasteiger partial charge in [0.05, 0.1) is 5.69 Å². The molecule has 4 nitrogen and oxygen atoms in total. The molecule has 5 heteroatoms. The molecule has 0 N–H and O–H groups in total. The third kappa shape index (κ3) is 3.55. The van der Waals surface area contributed by atoms with Crippen LogP contribution in [0.25, 0.3) is 11.5 Å². The average Bonchev–Trinajstić information content (AvgIpc) is 2.63. The molecule has 1 aliphatic rings. The molecule has 0 unspecified atom stereocenters. The first kappa shape index (κ1) is 16.2. The van der Waals surface area contributed by atoms with Crippen LogP contribution in [0.4, 0.5) is 0 Å². The Morgan fingerprint density at radius 1 is 1.00 bits per heavy atom. The zero-order chi connectivity index (χ0) is 17.2. The summed E-state index contributed by atoms with van der Waals surface area (Å²) in [6.07, 6.45) is 0.878. The van der Waals surface area contributed by atoms with E-state index in [0.29, 0.717) is 11.0 Å². The van der Waals surface area contributed by atoms with Crippen LogP contribution in [0, 0.1) is 6.92 Å². The van der Waals surface area contributed by atoms with E-state index in [0.717, 1.165) is 48.7 Å².